The van der Waals surface area contributed by atoms with Crippen molar-refractivity contribution in [2.75, 3.05) is 6.61 Å². The Hall–Kier alpha value is -2.47. The summed E-state index contributed by atoms with van der Waals surface area (Å²) in [6.45, 7) is 1.61. The largest absolute Gasteiger partial charge is 0.452 e. The highest BCUT2D eigenvalue weighted by Gasteiger charge is 2.15. The summed E-state index contributed by atoms with van der Waals surface area (Å²) in [5, 5.41) is 2.85. The monoisotopic (exact) mass is 403 g/mol. The van der Waals surface area contributed by atoms with Crippen LogP contribution in [-0.4, -0.2) is 24.8 Å². The molecule has 0 saturated heterocycles. The molecule has 130 valence electrons. The first-order chi connectivity index (χ1) is 12.0. The topological polar surface area (TPSA) is 72.5 Å². The second-order valence-corrected chi connectivity index (χ2v) is 6.31. The molecule has 0 spiro atoms. The molecule has 1 N–H and O–H groups in total. The summed E-state index contributed by atoms with van der Waals surface area (Å²) in [6, 6.07) is 13.5. The molecule has 1 amide bonds. The second kappa shape index (κ2) is 9.13. The highest BCUT2D eigenvalue weighted by atomic mass is 79.9. The minimum Gasteiger partial charge on any atom is -0.452 e. The van der Waals surface area contributed by atoms with E-state index in [-0.39, 0.29) is 18.6 Å². The van der Waals surface area contributed by atoms with E-state index in [0.717, 1.165) is 10.0 Å². The fourth-order valence-corrected chi connectivity index (χ4v) is 2.53. The van der Waals surface area contributed by atoms with Gasteiger partial charge in [-0.1, -0.05) is 47.1 Å². The summed E-state index contributed by atoms with van der Waals surface area (Å²) in [5.74, 6) is -0.975. The molecule has 0 radical (unpaired) electrons. The van der Waals surface area contributed by atoms with Crippen molar-refractivity contribution >= 4 is 34.1 Å². The fraction of sp³-hybridized carbons (Fsp3) is 0.211. The molecule has 0 aromatic heterocycles. The van der Waals surface area contributed by atoms with Gasteiger partial charge >= 0.3 is 5.97 Å². The van der Waals surface area contributed by atoms with Crippen LogP contribution in [0.25, 0.3) is 0 Å². The molecule has 0 bridgehead atoms. The zero-order valence-electron chi connectivity index (χ0n) is 13.7. The Morgan fingerprint density at radius 3 is 2.32 bits per heavy atom. The molecule has 25 heavy (non-hydrogen) atoms. The first kappa shape index (κ1) is 18.9. The Bertz CT molecular complexity index is 741. The molecular weight excluding hydrogens is 386 g/mol. The van der Waals surface area contributed by atoms with Gasteiger partial charge in [0, 0.05) is 10.0 Å². The zero-order valence-corrected chi connectivity index (χ0v) is 15.3. The summed E-state index contributed by atoms with van der Waals surface area (Å²) in [5.41, 5.74) is 1.74. The van der Waals surface area contributed by atoms with Gasteiger partial charge in [-0.15, -0.1) is 0 Å². The van der Waals surface area contributed by atoms with E-state index in [4.69, 9.17) is 4.74 Å². The maximum absolute atomic E-state index is 12.0. The Balaban J connectivity index is 1.88. The number of carbonyl (C=O) groups excluding carboxylic acids is 3. The molecule has 0 aliphatic rings. The Morgan fingerprint density at radius 2 is 1.76 bits per heavy atom. The molecule has 1 atom stereocenters. The summed E-state index contributed by atoms with van der Waals surface area (Å²) >= 11 is 3.38. The molecule has 6 heteroatoms. The Labute approximate surface area is 154 Å². The van der Waals surface area contributed by atoms with Crippen LogP contribution in [0.1, 0.15) is 45.7 Å². The van der Waals surface area contributed by atoms with Gasteiger partial charge < -0.3 is 10.1 Å². The minimum atomic E-state index is -0.607. The van der Waals surface area contributed by atoms with E-state index in [0.29, 0.717) is 23.8 Å². The molecule has 2 aromatic carbocycles. The average molecular weight is 404 g/mol. The number of hydrogen-bond donors (Lipinski definition) is 1. The van der Waals surface area contributed by atoms with Crippen molar-refractivity contribution in [3.8, 4) is 0 Å². The predicted octanol–water partition coefficient (Wildman–Crippen LogP) is 3.69. The van der Waals surface area contributed by atoms with Crippen molar-refractivity contribution in [2.24, 2.45) is 0 Å². The number of carbonyl (C=O) groups is 3. The Kier molecular flexibility index (Phi) is 6.89. The molecule has 0 heterocycles. The van der Waals surface area contributed by atoms with Gasteiger partial charge in [-0.25, -0.2) is 4.79 Å². The average Bonchev–Trinajstić information content (AvgIpc) is 2.65. The van der Waals surface area contributed by atoms with Crippen LogP contribution in [0.3, 0.4) is 0 Å². The lowest BCUT2D eigenvalue weighted by atomic mass is 10.0. The van der Waals surface area contributed by atoms with Crippen LogP contribution >= 0.6 is 15.9 Å². The number of aldehydes is 1. The molecule has 0 aliphatic carbocycles. The number of halogens is 1. The first-order valence-corrected chi connectivity index (χ1v) is 8.60. The number of hydrogen-bond acceptors (Lipinski definition) is 4. The van der Waals surface area contributed by atoms with E-state index in [1.54, 1.807) is 0 Å². The highest BCUT2D eigenvalue weighted by molar-refractivity contribution is 9.10. The van der Waals surface area contributed by atoms with Gasteiger partial charge in [0.2, 0.25) is 0 Å². The van der Waals surface area contributed by atoms with Crippen LogP contribution in [0.5, 0.6) is 0 Å². The normalized spacial score (nSPS) is 11.4. The maximum atomic E-state index is 12.0. The quantitative estimate of drug-likeness (QED) is 0.565. The molecule has 0 unspecified atom stereocenters. The third kappa shape index (κ3) is 5.53. The van der Waals surface area contributed by atoms with Gasteiger partial charge in [0.15, 0.2) is 6.61 Å². The smallest absolute Gasteiger partial charge is 0.338 e. The number of rotatable bonds is 7. The van der Waals surface area contributed by atoms with Gasteiger partial charge in [-0.05, 0) is 36.2 Å². The van der Waals surface area contributed by atoms with Crippen molar-refractivity contribution in [1.29, 1.82) is 0 Å². The molecular formula is C19H18BrNO4. The van der Waals surface area contributed by atoms with E-state index in [1.165, 1.54) is 24.3 Å². The SMILES string of the molecule is CC[C@@H](NC(=O)COC(=O)c1ccc(C=O)cc1)c1ccc(Br)cc1. The van der Waals surface area contributed by atoms with Gasteiger partial charge in [0.05, 0.1) is 11.6 Å². The lowest BCUT2D eigenvalue weighted by Gasteiger charge is -2.17. The Morgan fingerprint density at radius 1 is 1.12 bits per heavy atom. The van der Waals surface area contributed by atoms with Crippen LogP contribution in [0.2, 0.25) is 0 Å². The van der Waals surface area contributed by atoms with Crippen LogP contribution in [-0.2, 0) is 9.53 Å². The molecule has 0 aliphatic heterocycles. The number of nitrogens with one attached hydrogen (secondary N) is 1. The molecule has 5 nitrogen and oxygen atoms in total. The third-order valence-electron chi connectivity index (χ3n) is 3.63. The second-order valence-electron chi connectivity index (χ2n) is 5.40. The van der Waals surface area contributed by atoms with Gasteiger partial charge in [-0.2, -0.15) is 0 Å². The van der Waals surface area contributed by atoms with E-state index >= 15 is 0 Å². The number of benzene rings is 2. The zero-order chi connectivity index (χ0) is 18.2. The van der Waals surface area contributed by atoms with E-state index < -0.39 is 5.97 Å². The van der Waals surface area contributed by atoms with E-state index in [2.05, 4.69) is 21.2 Å². The summed E-state index contributed by atoms with van der Waals surface area (Å²) in [4.78, 5) is 34.6. The van der Waals surface area contributed by atoms with Gasteiger partial charge in [0.25, 0.3) is 5.91 Å². The first-order valence-electron chi connectivity index (χ1n) is 7.80. The molecule has 2 rings (SSSR count). The number of esters is 1. The minimum absolute atomic E-state index is 0.147. The summed E-state index contributed by atoms with van der Waals surface area (Å²) in [6.07, 6.45) is 1.41. The fourth-order valence-electron chi connectivity index (χ4n) is 2.26. The van der Waals surface area contributed by atoms with Gasteiger partial charge in [-0.3, -0.25) is 9.59 Å². The van der Waals surface area contributed by atoms with E-state index in [9.17, 15) is 14.4 Å². The number of ether oxygens (including phenoxy) is 1. The van der Waals surface area contributed by atoms with Crippen LogP contribution < -0.4 is 5.32 Å². The lowest BCUT2D eigenvalue weighted by molar-refractivity contribution is -0.125. The van der Waals surface area contributed by atoms with Gasteiger partial charge in [0.1, 0.15) is 6.29 Å². The van der Waals surface area contributed by atoms with Crippen LogP contribution in [0.15, 0.2) is 53.0 Å². The summed E-state index contributed by atoms with van der Waals surface area (Å²) in [7, 11) is 0. The van der Waals surface area contributed by atoms with Crippen molar-refractivity contribution in [1.82, 2.24) is 5.32 Å². The van der Waals surface area contributed by atoms with Crippen LogP contribution in [0.4, 0.5) is 0 Å². The standard InChI is InChI=1S/C19H18BrNO4/c1-2-17(14-7-9-16(20)10-8-14)21-18(23)12-25-19(24)15-5-3-13(11-22)4-6-15/h3-11,17H,2,12H2,1H3,(H,21,23)/t17-/m1/s1. The van der Waals surface area contributed by atoms with Crippen molar-refractivity contribution in [3.05, 3.63) is 69.7 Å². The van der Waals surface area contributed by atoms with Crippen molar-refractivity contribution < 1.29 is 19.1 Å². The lowest BCUT2D eigenvalue weighted by Crippen LogP contribution is -2.32. The number of amides is 1. The molecule has 0 fully saturated rings. The van der Waals surface area contributed by atoms with Crippen molar-refractivity contribution in [3.63, 3.8) is 0 Å². The molecule has 0 saturated carbocycles. The third-order valence-corrected chi connectivity index (χ3v) is 4.16. The molecule has 2 aromatic rings. The van der Waals surface area contributed by atoms with E-state index in [1.807, 2.05) is 31.2 Å². The maximum Gasteiger partial charge on any atom is 0.338 e. The summed E-state index contributed by atoms with van der Waals surface area (Å²) < 4.78 is 5.98. The van der Waals surface area contributed by atoms with Crippen molar-refractivity contribution in [2.45, 2.75) is 19.4 Å². The van der Waals surface area contributed by atoms with Crippen LogP contribution in [0, 0.1) is 0 Å². The predicted molar refractivity (Wildman–Crippen MR) is 97.4 cm³/mol. The highest BCUT2D eigenvalue weighted by Crippen LogP contribution is 2.19.